The van der Waals surface area contributed by atoms with E-state index in [-0.39, 0.29) is 11.0 Å². The monoisotopic (exact) mass is 220 g/mol. The summed E-state index contributed by atoms with van der Waals surface area (Å²) in [6.07, 6.45) is 5.67. The van der Waals surface area contributed by atoms with Crippen LogP contribution in [0.15, 0.2) is 21.7 Å². The first-order valence-corrected chi connectivity index (χ1v) is 5.21. The molecule has 1 aromatic heterocycles. The highest BCUT2D eigenvalue weighted by atomic mass is 16.3. The number of hydrogen-bond acceptors (Lipinski definition) is 4. The lowest BCUT2D eigenvalue weighted by Crippen LogP contribution is -2.15. The molecule has 0 aliphatic heterocycles. The second-order valence-electron chi connectivity index (χ2n) is 3.81. The number of carbonyl (C=O) groups excluding carboxylic acids is 1. The standard InChI is InChI=1S/C12H12O4/c13-5-8-3-1-2-4-10-11(15)9(6-14)7-16-12(8)10/h5-7,13H,1-4H2. The Morgan fingerprint density at radius 2 is 2.06 bits per heavy atom. The highest BCUT2D eigenvalue weighted by Crippen LogP contribution is 2.27. The summed E-state index contributed by atoms with van der Waals surface area (Å²) in [5, 5.41) is 9.09. The molecule has 0 saturated carbocycles. The number of carbonyl (C=O) groups is 1. The minimum absolute atomic E-state index is 0.0398. The van der Waals surface area contributed by atoms with Crippen molar-refractivity contribution < 1.29 is 14.3 Å². The molecule has 0 atom stereocenters. The fourth-order valence-corrected chi connectivity index (χ4v) is 1.96. The van der Waals surface area contributed by atoms with Crippen LogP contribution < -0.4 is 5.43 Å². The van der Waals surface area contributed by atoms with E-state index in [9.17, 15) is 9.59 Å². The predicted octanol–water partition coefficient (Wildman–Crippen LogP) is 2.08. The van der Waals surface area contributed by atoms with Crippen LogP contribution >= 0.6 is 0 Å². The Labute approximate surface area is 92.2 Å². The third-order valence-electron chi connectivity index (χ3n) is 2.81. The Bertz CT molecular complexity index is 496. The summed E-state index contributed by atoms with van der Waals surface area (Å²) >= 11 is 0. The van der Waals surface area contributed by atoms with Crippen molar-refractivity contribution in [2.45, 2.75) is 25.7 Å². The molecule has 16 heavy (non-hydrogen) atoms. The first kappa shape index (κ1) is 10.7. The van der Waals surface area contributed by atoms with Crippen LogP contribution in [-0.2, 0) is 6.42 Å². The quantitative estimate of drug-likeness (QED) is 0.447. The zero-order valence-electron chi connectivity index (χ0n) is 8.73. The average molecular weight is 220 g/mol. The first-order valence-electron chi connectivity index (χ1n) is 5.21. The van der Waals surface area contributed by atoms with E-state index >= 15 is 0 Å². The van der Waals surface area contributed by atoms with E-state index in [4.69, 9.17) is 9.52 Å². The molecule has 4 nitrogen and oxygen atoms in total. The van der Waals surface area contributed by atoms with Gasteiger partial charge in [-0.15, -0.1) is 0 Å². The fraction of sp³-hybridized carbons (Fsp3) is 0.333. The summed E-state index contributed by atoms with van der Waals surface area (Å²) < 4.78 is 5.28. The van der Waals surface area contributed by atoms with E-state index in [1.807, 2.05) is 0 Å². The summed E-state index contributed by atoms with van der Waals surface area (Å²) in [4.78, 5) is 22.5. The zero-order chi connectivity index (χ0) is 11.5. The number of allylic oxidation sites excluding steroid dienone is 1. The van der Waals surface area contributed by atoms with Crippen molar-refractivity contribution in [1.29, 1.82) is 0 Å². The lowest BCUT2D eigenvalue weighted by Gasteiger charge is -2.05. The summed E-state index contributed by atoms with van der Waals surface area (Å²) in [5.41, 5.74) is 0.889. The number of aliphatic hydroxyl groups is 1. The molecule has 1 heterocycles. The van der Waals surface area contributed by atoms with Gasteiger partial charge < -0.3 is 9.52 Å². The normalized spacial score (nSPS) is 17.9. The third-order valence-corrected chi connectivity index (χ3v) is 2.81. The van der Waals surface area contributed by atoms with Gasteiger partial charge in [0.15, 0.2) is 11.7 Å². The lowest BCUT2D eigenvalue weighted by molar-refractivity contribution is 0.112. The van der Waals surface area contributed by atoms with Crippen LogP contribution in [0.25, 0.3) is 5.57 Å². The molecule has 0 spiro atoms. The van der Waals surface area contributed by atoms with E-state index in [1.54, 1.807) is 0 Å². The van der Waals surface area contributed by atoms with Gasteiger partial charge in [0.1, 0.15) is 12.0 Å². The molecule has 1 aliphatic rings. The molecule has 1 N–H and O–H groups in total. The minimum Gasteiger partial charge on any atom is -0.515 e. The molecule has 0 bridgehead atoms. The maximum Gasteiger partial charge on any atom is 0.199 e. The van der Waals surface area contributed by atoms with Gasteiger partial charge in [0, 0.05) is 11.1 Å². The molecule has 0 aromatic carbocycles. The van der Waals surface area contributed by atoms with Gasteiger partial charge in [-0.2, -0.15) is 0 Å². The summed E-state index contributed by atoms with van der Waals surface area (Å²) in [6.45, 7) is 0. The molecule has 2 rings (SSSR count). The van der Waals surface area contributed by atoms with Gasteiger partial charge in [-0.25, -0.2) is 0 Å². The first-order chi connectivity index (χ1) is 7.77. The molecule has 1 aromatic rings. The largest absolute Gasteiger partial charge is 0.515 e. The maximum atomic E-state index is 11.9. The Balaban J connectivity index is 2.66. The average Bonchev–Trinajstić information content (AvgIpc) is 2.52. The highest BCUT2D eigenvalue weighted by Gasteiger charge is 2.19. The van der Waals surface area contributed by atoms with Gasteiger partial charge in [-0.1, -0.05) is 0 Å². The summed E-state index contributed by atoms with van der Waals surface area (Å²) in [7, 11) is 0. The van der Waals surface area contributed by atoms with Gasteiger partial charge in [0.05, 0.1) is 11.8 Å². The van der Waals surface area contributed by atoms with Crippen LogP contribution in [0, 0.1) is 0 Å². The highest BCUT2D eigenvalue weighted by molar-refractivity contribution is 5.75. The summed E-state index contributed by atoms with van der Waals surface area (Å²) in [5.74, 6) is 0.426. The lowest BCUT2D eigenvalue weighted by atomic mass is 10.1. The van der Waals surface area contributed by atoms with Gasteiger partial charge >= 0.3 is 0 Å². The molecule has 0 amide bonds. The number of aliphatic hydroxyl groups excluding tert-OH is 1. The van der Waals surface area contributed by atoms with E-state index in [0.717, 1.165) is 25.4 Å². The van der Waals surface area contributed by atoms with E-state index in [1.165, 1.54) is 0 Å². The fourth-order valence-electron chi connectivity index (χ4n) is 1.96. The number of hydrogen-bond donors (Lipinski definition) is 1. The Hall–Kier alpha value is -1.84. The minimum atomic E-state index is -0.280. The Morgan fingerprint density at radius 1 is 1.31 bits per heavy atom. The number of fused-ring (bicyclic) bond motifs is 1. The molecule has 0 radical (unpaired) electrons. The van der Waals surface area contributed by atoms with Crippen LogP contribution in [0.2, 0.25) is 0 Å². The zero-order valence-corrected chi connectivity index (χ0v) is 8.73. The molecule has 1 aliphatic carbocycles. The molecule has 0 unspecified atom stereocenters. The second kappa shape index (κ2) is 4.35. The summed E-state index contributed by atoms with van der Waals surface area (Å²) in [6, 6.07) is 0. The van der Waals surface area contributed by atoms with Crippen molar-refractivity contribution >= 4 is 11.9 Å². The van der Waals surface area contributed by atoms with E-state index < -0.39 is 0 Å². The topological polar surface area (TPSA) is 67.5 Å². The van der Waals surface area contributed by atoms with Crippen LogP contribution in [0.3, 0.4) is 0 Å². The van der Waals surface area contributed by atoms with Crippen LogP contribution in [0.5, 0.6) is 0 Å². The van der Waals surface area contributed by atoms with Crippen molar-refractivity contribution in [2.75, 3.05) is 0 Å². The predicted molar refractivity (Wildman–Crippen MR) is 58.5 cm³/mol. The number of aldehydes is 1. The van der Waals surface area contributed by atoms with Crippen molar-refractivity contribution in [3.05, 3.63) is 39.6 Å². The molecule has 0 fully saturated rings. The molecule has 0 saturated heterocycles. The van der Waals surface area contributed by atoms with Crippen LogP contribution in [-0.4, -0.2) is 11.4 Å². The maximum absolute atomic E-state index is 11.9. The van der Waals surface area contributed by atoms with Gasteiger partial charge in [0.2, 0.25) is 0 Å². The molecule has 4 heteroatoms. The van der Waals surface area contributed by atoms with Crippen molar-refractivity contribution in [3.8, 4) is 0 Å². The van der Waals surface area contributed by atoms with Gasteiger partial charge in [-0.3, -0.25) is 9.59 Å². The van der Waals surface area contributed by atoms with Crippen molar-refractivity contribution in [2.24, 2.45) is 0 Å². The smallest absolute Gasteiger partial charge is 0.199 e. The van der Waals surface area contributed by atoms with E-state index in [0.29, 0.717) is 36.0 Å². The second-order valence-corrected chi connectivity index (χ2v) is 3.81. The van der Waals surface area contributed by atoms with Crippen LogP contribution in [0.1, 0.15) is 40.9 Å². The Morgan fingerprint density at radius 3 is 2.75 bits per heavy atom. The van der Waals surface area contributed by atoms with Crippen molar-refractivity contribution in [3.63, 3.8) is 0 Å². The van der Waals surface area contributed by atoms with Crippen molar-refractivity contribution in [1.82, 2.24) is 0 Å². The third kappa shape index (κ3) is 1.66. The van der Waals surface area contributed by atoms with Gasteiger partial charge in [-0.05, 0) is 25.7 Å². The SMILES string of the molecule is O=Cc1coc2c(c1=O)CCCCC2=CO. The van der Waals surface area contributed by atoms with Gasteiger partial charge in [0.25, 0.3) is 0 Å². The molecular formula is C12H12O4. The molecule has 84 valence electrons. The van der Waals surface area contributed by atoms with Crippen LogP contribution in [0.4, 0.5) is 0 Å². The number of rotatable bonds is 1. The van der Waals surface area contributed by atoms with E-state index in [2.05, 4.69) is 0 Å². The molecular weight excluding hydrogens is 208 g/mol. The Kier molecular flexibility index (Phi) is 2.90.